The number of nitrogens with two attached hydrogens (primary N) is 1. The van der Waals surface area contributed by atoms with Crippen molar-refractivity contribution in [2.45, 2.75) is 31.7 Å². The minimum atomic E-state index is 0.575. The maximum Gasteiger partial charge on any atom is 0.0342 e. The van der Waals surface area contributed by atoms with Gasteiger partial charge in [-0.05, 0) is 37.4 Å². The normalized spacial score (nSPS) is 26.2. The lowest BCUT2D eigenvalue weighted by Gasteiger charge is -2.32. The molecular weight excluding hydrogens is 184 g/mol. The van der Waals surface area contributed by atoms with E-state index in [1.54, 1.807) is 0 Å². The van der Waals surface area contributed by atoms with Crippen molar-refractivity contribution < 1.29 is 0 Å². The first-order chi connectivity index (χ1) is 7.40. The molecule has 0 bridgehead atoms. The first kappa shape index (κ1) is 10.5. The van der Waals surface area contributed by atoms with E-state index in [1.807, 2.05) is 6.07 Å². The van der Waals surface area contributed by atoms with Gasteiger partial charge in [-0.25, -0.2) is 0 Å². The summed E-state index contributed by atoms with van der Waals surface area (Å²) < 4.78 is 0. The van der Waals surface area contributed by atoms with Crippen LogP contribution in [0.25, 0.3) is 0 Å². The lowest BCUT2D eigenvalue weighted by molar-refractivity contribution is 0.332. The van der Waals surface area contributed by atoms with Crippen LogP contribution in [0.5, 0.6) is 0 Å². The van der Waals surface area contributed by atoms with Crippen LogP contribution < -0.4 is 11.1 Å². The highest BCUT2D eigenvalue weighted by Crippen LogP contribution is 2.26. The molecule has 2 nitrogen and oxygen atoms in total. The molecule has 0 radical (unpaired) electrons. The third-order valence-electron chi connectivity index (χ3n) is 3.34. The molecule has 0 heterocycles. The summed E-state index contributed by atoms with van der Waals surface area (Å²) in [5.41, 5.74) is 7.03. The summed E-state index contributed by atoms with van der Waals surface area (Å²) in [7, 11) is 0. The smallest absolute Gasteiger partial charge is 0.0342 e. The molecule has 0 amide bonds. The zero-order chi connectivity index (χ0) is 10.5. The number of benzene rings is 1. The molecule has 0 saturated heterocycles. The Morgan fingerprint density at radius 3 is 2.60 bits per heavy atom. The Morgan fingerprint density at radius 2 is 1.87 bits per heavy atom. The van der Waals surface area contributed by atoms with Gasteiger partial charge in [0.2, 0.25) is 0 Å². The van der Waals surface area contributed by atoms with Crippen molar-refractivity contribution in [2.24, 2.45) is 11.7 Å². The molecule has 2 atom stereocenters. The van der Waals surface area contributed by atoms with Crippen LogP contribution in [-0.4, -0.2) is 12.6 Å². The summed E-state index contributed by atoms with van der Waals surface area (Å²) in [5, 5.41) is 3.60. The van der Waals surface area contributed by atoms with Gasteiger partial charge in [0.15, 0.2) is 0 Å². The van der Waals surface area contributed by atoms with Gasteiger partial charge >= 0.3 is 0 Å². The van der Waals surface area contributed by atoms with Crippen LogP contribution in [0.4, 0.5) is 5.69 Å². The van der Waals surface area contributed by atoms with E-state index in [1.165, 1.54) is 31.4 Å². The number of para-hydroxylation sites is 1. The van der Waals surface area contributed by atoms with Gasteiger partial charge in [-0.2, -0.15) is 0 Å². The average molecular weight is 204 g/mol. The summed E-state index contributed by atoms with van der Waals surface area (Å²) in [6, 6.07) is 11.0. The highest BCUT2D eigenvalue weighted by atomic mass is 14.9. The molecule has 1 saturated carbocycles. The van der Waals surface area contributed by atoms with E-state index in [0.717, 1.165) is 6.54 Å². The Bertz CT molecular complexity index is 284. The Kier molecular flexibility index (Phi) is 3.62. The van der Waals surface area contributed by atoms with Crippen LogP contribution in [0, 0.1) is 5.92 Å². The van der Waals surface area contributed by atoms with Crippen LogP contribution in [0.15, 0.2) is 30.3 Å². The number of anilines is 1. The SMILES string of the molecule is NCC1CCCCC1Nc1ccccc1. The minimum Gasteiger partial charge on any atom is -0.382 e. The van der Waals surface area contributed by atoms with Crippen molar-refractivity contribution in [1.29, 1.82) is 0 Å². The molecule has 2 unspecified atom stereocenters. The maximum atomic E-state index is 5.81. The zero-order valence-electron chi connectivity index (χ0n) is 9.15. The van der Waals surface area contributed by atoms with Crippen LogP contribution >= 0.6 is 0 Å². The van der Waals surface area contributed by atoms with Crippen LogP contribution in [-0.2, 0) is 0 Å². The molecule has 0 spiro atoms. The average Bonchev–Trinajstić information content (AvgIpc) is 2.31. The summed E-state index contributed by atoms with van der Waals surface area (Å²) in [6.07, 6.45) is 5.22. The van der Waals surface area contributed by atoms with Crippen molar-refractivity contribution in [3.05, 3.63) is 30.3 Å². The minimum absolute atomic E-state index is 0.575. The van der Waals surface area contributed by atoms with E-state index in [-0.39, 0.29) is 0 Å². The molecule has 0 aromatic heterocycles. The second-order valence-electron chi connectivity index (χ2n) is 4.40. The van der Waals surface area contributed by atoms with E-state index in [9.17, 15) is 0 Å². The Labute approximate surface area is 91.9 Å². The molecule has 1 aliphatic carbocycles. The fourth-order valence-corrected chi connectivity index (χ4v) is 2.43. The highest BCUT2D eigenvalue weighted by molar-refractivity contribution is 5.43. The summed E-state index contributed by atoms with van der Waals surface area (Å²) >= 11 is 0. The number of hydrogen-bond donors (Lipinski definition) is 2. The Balaban J connectivity index is 1.97. The molecule has 3 N–H and O–H groups in total. The van der Waals surface area contributed by atoms with E-state index in [2.05, 4.69) is 29.6 Å². The first-order valence-corrected chi connectivity index (χ1v) is 5.92. The van der Waals surface area contributed by atoms with Crippen molar-refractivity contribution in [2.75, 3.05) is 11.9 Å². The maximum absolute atomic E-state index is 5.81. The third-order valence-corrected chi connectivity index (χ3v) is 3.34. The van der Waals surface area contributed by atoms with Gasteiger partial charge in [0.25, 0.3) is 0 Å². The first-order valence-electron chi connectivity index (χ1n) is 5.92. The second kappa shape index (κ2) is 5.17. The van der Waals surface area contributed by atoms with Gasteiger partial charge < -0.3 is 11.1 Å². The summed E-state index contributed by atoms with van der Waals surface area (Å²) in [6.45, 7) is 0.810. The third kappa shape index (κ3) is 2.72. The van der Waals surface area contributed by atoms with Crippen molar-refractivity contribution >= 4 is 5.69 Å². The quantitative estimate of drug-likeness (QED) is 0.794. The topological polar surface area (TPSA) is 38.0 Å². The fraction of sp³-hybridized carbons (Fsp3) is 0.538. The van der Waals surface area contributed by atoms with Gasteiger partial charge in [0.05, 0.1) is 0 Å². The van der Waals surface area contributed by atoms with Crippen LogP contribution in [0.1, 0.15) is 25.7 Å². The van der Waals surface area contributed by atoms with Gasteiger partial charge in [0, 0.05) is 11.7 Å². The molecule has 1 aromatic rings. The van der Waals surface area contributed by atoms with Crippen molar-refractivity contribution in [3.63, 3.8) is 0 Å². The number of nitrogens with one attached hydrogen (secondary N) is 1. The van der Waals surface area contributed by atoms with Crippen LogP contribution in [0.3, 0.4) is 0 Å². The molecular formula is C13H20N2. The number of hydrogen-bond acceptors (Lipinski definition) is 2. The van der Waals surface area contributed by atoms with Gasteiger partial charge in [-0.1, -0.05) is 31.0 Å². The van der Waals surface area contributed by atoms with E-state index in [0.29, 0.717) is 12.0 Å². The van der Waals surface area contributed by atoms with Gasteiger partial charge in [-0.3, -0.25) is 0 Å². The van der Waals surface area contributed by atoms with Gasteiger partial charge in [-0.15, -0.1) is 0 Å². The summed E-state index contributed by atoms with van der Waals surface area (Å²) in [4.78, 5) is 0. The molecule has 1 aliphatic rings. The van der Waals surface area contributed by atoms with E-state index in [4.69, 9.17) is 5.73 Å². The molecule has 2 heteroatoms. The van der Waals surface area contributed by atoms with E-state index < -0.39 is 0 Å². The molecule has 82 valence electrons. The summed E-state index contributed by atoms with van der Waals surface area (Å²) in [5.74, 6) is 0.652. The van der Waals surface area contributed by atoms with E-state index >= 15 is 0 Å². The zero-order valence-corrected chi connectivity index (χ0v) is 9.15. The predicted octanol–water partition coefficient (Wildman–Crippen LogP) is 2.62. The Hall–Kier alpha value is -1.02. The highest BCUT2D eigenvalue weighted by Gasteiger charge is 2.23. The standard InChI is InChI=1S/C13H20N2/c14-10-11-6-4-5-9-13(11)15-12-7-2-1-3-8-12/h1-3,7-8,11,13,15H,4-6,9-10,14H2. The predicted molar refractivity (Wildman–Crippen MR) is 64.9 cm³/mol. The monoisotopic (exact) mass is 204 g/mol. The molecule has 0 aliphatic heterocycles. The lowest BCUT2D eigenvalue weighted by atomic mass is 9.84. The fourth-order valence-electron chi connectivity index (χ4n) is 2.43. The van der Waals surface area contributed by atoms with Crippen molar-refractivity contribution in [3.8, 4) is 0 Å². The van der Waals surface area contributed by atoms with Gasteiger partial charge in [0.1, 0.15) is 0 Å². The van der Waals surface area contributed by atoms with Crippen molar-refractivity contribution in [1.82, 2.24) is 0 Å². The Morgan fingerprint density at radius 1 is 1.13 bits per heavy atom. The molecule has 2 rings (SSSR count). The lowest BCUT2D eigenvalue weighted by Crippen LogP contribution is -2.36. The number of rotatable bonds is 3. The second-order valence-corrected chi connectivity index (χ2v) is 4.40. The molecule has 1 fully saturated rings. The molecule has 1 aromatic carbocycles. The largest absolute Gasteiger partial charge is 0.382 e. The van der Waals surface area contributed by atoms with Crippen LogP contribution in [0.2, 0.25) is 0 Å². The molecule has 15 heavy (non-hydrogen) atoms.